The smallest absolute Gasteiger partial charge is 0.347 e. The van der Waals surface area contributed by atoms with Crippen LogP contribution in [0.3, 0.4) is 0 Å². The molecule has 0 radical (unpaired) electrons. The second-order valence-corrected chi connectivity index (χ2v) is 4.04. The third-order valence-electron chi connectivity index (χ3n) is 2.48. The summed E-state index contributed by atoms with van der Waals surface area (Å²) in [5.74, 6) is 0.487. The first-order valence-electron chi connectivity index (χ1n) is 5.01. The molecular weight excluding hydrogens is 240 g/mol. The zero-order valence-electron chi connectivity index (χ0n) is 8.64. The molecule has 17 heavy (non-hydrogen) atoms. The van der Waals surface area contributed by atoms with Crippen LogP contribution in [-0.4, -0.2) is 0 Å². The van der Waals surface area contributed by atoms with Gasteiger partial charge in [0.2, 0.25) is 0 Å². The molecule has 3 nitrogen and oxygen atoms in total. The number of halogens is 1. The zero-order chi connectivity index (χ0) is 11.8. The summed E-state index contributed by atoms with van der Waals surface area (Å²) < 4.78 is 10.4. The summed E-state index contributed by atoms with van der Waals surface area (Å²) in [4.78, 5) is 11.8. The molecule has 0 aliphatic heterocycles. The Hall–Kier alpha value is -2.00. The summed E-state index contributed by atoms with van der Waals surface area (Å²) in [7, 11) is 0. The summed E-state index contributed by atoms with van der Waals surface area (Å²) in [5, 5.41) is 1.36. The quantitative estimate of drug-likeness (QED) is 0.615. The van der Waals surface area contributed by atoms with E-state index in [2.05, 4.69) is 0 Å². The molecule has 0 saturated carbocycles. The minimum absolute atomic E-state index is 0.393. The highest BCUT2D eigenvalue weighted by atomic mass is 35.5. The van der Waals surface area contributed by atoms with Gasteiger partial charge in [0.05, 0.1) is 6.26 Å². The van der Waals surface area contributed by atoms with Crippen LogP contribution in [-0.2, 0) is 0 Å². The first kappa shape index (κ1) is 10.2. The Labute approximate surface area is 101 Å². The fraction of sp³-hybridized carbons (Fsp3) is 0. The molecule has 3 rings (SSSR count). The van der Waals surface area contributed by atoms with E-state index in [1.165, 1.54) is 6.26 Å². The van der Waals surface area contributed by atoms with Crippen LogP contribution in [0.1, 0.15) is 0 Å². The molecule has 1 aromatic carbocycles. The van der Waals surface area contributed by atoms with Crippen molar-refractivity contribution in [2.24, 2.45) is 0 Å². The van der Waals surface area contributed by atoms with Crippen LogP contribution in [0.25, 0.3) is 22.3 Å². The van der Waals surface area contributed by atoms with Crippen molar-refractivity contribution < 1.29 is 8.83 Å². The summed E-state index contributed by atoms with van der Waals surface area (Å²) in [6.07, 6.45) is 1.51. The molecule has 0 saturated heterocycles. The van der Waals surface area contributed by atoms with Gasteiger partial charge >= 0.3 is 5.63 Å². The standard InChI is InChI=1S/C13H7ClO3/c14-9-3-4-11-8(6-9)7-10(13(15)17-11)12-2-1-5-16-12/h1-7H. The van der Waals surface area contributed by atoms with Crippen molar-refractivity contribution >= 4 is 22.6 Å². The van der Waals surface area contributed by atoms with Gasteiger partial charge in [-0.3, -0.25) is 0 Å². The van der Waals surface area contributed by atoms with Gasteiger partial charge in [-0.15, -0.1) is 0 Å². The van der Waals surface area contributed by atoms with Crippen molar-refractivity contribution in [2.45, 2.75) is 0 Å². The van der Waals surface area contributed by atoms with Crippen LogP contribution < -0.4 is 5.63 Å². The average molecular weight is 247 g/mol. The van der Waals surface area contributed by atoms with Gasteiger partial charge in [0, 0.05) is 10.4 Å². The summed E-state index contributed by atoms with van der Waals surface area (Å²) in [5.41, 5.74) is 0.481. The molecule has 2 heterocycles. The lowest BCUT2D eigenvalue weighted by Gasteiger charge is -2.00. The fourth-order valence-corrected chi connectivity index (χ4v) is 1.88. The van der Waals surface area contributed by atoms with Crippen LogP contribution in [0.4, 0.5) is 0 Å². The Morgan fingerprint density at radius 3 is 2.76 bits per heavy atom. The van der Waals surface area contributed by atoms with Crippen molar-refractivity contribution in [1.82, 2.24) is 0 Å². The predicted octanol–water partition coefficient (Wildman–Crippen LogP) is 3.71. The van der Waals surface area contributed by atoms with E-state index in [1.807, 2.05) is 0 Å². The number of fused-ring (bicyclic) bond motifs is 1. The SMILES string of the molecule is O=c1oc2ccc(Cl)cc2cc1-c1ccco1. The van der Waals surface area contributed by atoms with Crippen molar-refractivity contribution in [3.8, 4) is 11.3 Å². The minimum Gasteiger partial charge on any atom is -0.464 e. The maximum Gasteiger partial charge on any atom is 0.347 e. The predicted molar refractivity (Wildman–Crippen MR) is 65.2 cm³/mol. The van der Waals surface area contributed by atoms with Gasteiger partial charge in [0.15, 0.2) is 0 Å². The number of hydrogen-bond donors (Lipinski definition) is 0. The van der Waals surface area contributed by atoms with Crippen molar-refractivity contribution in [3.05, 3.63) is 58.1 Å². The molecule has 2 aromatic heterocycles. The highest BCUT2D eigenvalue weighted by Crippen LogP contribution is 2.23. The zero-order valence-corrected chi connectivity index (χ0v) is 9.40. The first-order valence-corrected chi connectivity index (χ1v) is 5.39. The average Bonchev–Trinajstić information content (AvgIpc) is 2.82. The van der Waals surface area contributed by atoms with Gasteiger partial charge in [0.25, 0.3) is 0 Å². The van der Waals surface area contributed by atoms with E-state index in [0.29, 0.717) is 21.9 Å². The topological polar surface area (TPSA) is 43.4 Å². The van der Waals surface area contributed by atoms with Gasteiger partial charge in [-0.2, -0.15) is 0 Å². The van der Waals surface area contributed by atoms with Gasteiger partial charge in [-0.25, -0.2) is 4.79 Å². The Morgan fingerprint density at radius 2 is 2.00 bits per heavy atom. The Bertz CT molecular complexity index is 726. The Morgan fingerprint density at radius 1 is 1.12 bits per heavy atom. The maximum atomic E-state index is 11.8. The minimum atomic E-state index is -0.422. The number of furan rings is 1. The highest BCUT2D eigenvalue weighted by molar-refractivity contribution is 6.31. The third-order valence-corrected chi connectivity index (χ3v) is 2.72. The van der Waals surface area contributed by atoms with E-state index >= 15 is 0 Å². The van der Waals surface area contributed by atoms with E-state index in [1.54, 1.807) is 36.4 Å². The van der Waals surface area contributed by atoms with E-state index in [4.69, 9.17) is 20.4 Å². The van der Waals surface area contributed by atoms with E-state index < -0.39 is 5.63 Å². The molecule has 3 aromatic rings. The summed E-state index contributed by atoms with van der Waals surface area (Å²) in [6.45, 7) is 0. The van der Waals surface area contributed by atoms with E-state index in [9.17, 15) is 4.79 Å². The van der Waals surface area contributed by atoms with Gasteiger partial charge in [-0.1, -0.05) is 11.6 Å². The summed E-state index contributed by atoms with van der Waals surface area (Å²) in [6, 6.07) is 10.2. The lowest BCUT2D eigenvalue weighted by atomic mass is 10.1. The fourth-order valence-electron chi connectivity index (χ4n) is 1.70. The molecule has 0 atom stereocenters. The third kappa shape index (κ3) is 1.74. The number of benzene rings is 1. The summed E-state index contributed by atoms with van der Waals surface area (Å²) >= 11 is 5.89. The molecule has 0 aliphatic carbocycles. The molecule has 0 aliphatic rings. The Kier molecular flexibility index (Phi) is 2.27. The molecule has 0 N–H and O–H groups in total. The van der Waals surface area contributed by atoms with Gasteiger partial charge in [0.1, 0.15) is 16.9 Å². The molecule has 4 heteroatoms. The van der Waals surface area contributed by atoms with Crippen LogP contribution in [0, 0.1) is 0 Å². The van der Waals surface area contributed by atoms with Crippen molar-refractivity contribution in [3.63, 3.8) is 0 Å². The second-order valence-electron chi connectivity index (χ2n) is 3.61. The van der Waals surface area contributed by atoms with Gasteiger partial charge < -0.3 is 8.83 Å². The van der Waals surface area contributed by atoms with Crippen molar-refractivity contribution in [2.75, 3.05) is 0 Å². The van der Waals surface area contributed by atoms with E-state index in [0.717, 1.165) is 5.39 Å². The molecule has 84 valence electrons. The molecule has 0 fully saturated rings. The highest BCUT2D eigenvalue weighted by Gasteiger charge is 2.09. The van der Waals surface area contributed by atoms with Crippen molar-refractivity contribution in [1.29, 1.82) is 0 Å². The maximum absolute atomic E-state index is 11.8. The first-order chi connectivity index (χ1) is 8.24. The van der Waals surface area contributed by atoms with Crippen LogP contribution >= 0.6 is 11.6 Å². The van der Waals surface area contributed by atoms with Crippen LogP contribution in [0.2, 0.25) is 5.02 Å². The van der Waals surface area contributed by atoms with Crippen LogP contribution in [0.15, 0.2) is 56.3 Å². The number of rotatable bonds is 1. The molecule has 0 unspecified atom stereocenters. The second kappa shape index (κ2) is 3.79. The Balaban J connectivity index is 2.33. The number of hydrogen-bond acceptors (Lipinski definition) is 3. The van der Waals surface area contributed by atoms with Crippen LogP contribution in [0.5, 0.6) is 0 Å². The van der Waals surface area contributed by atoms with E-state index in [-0.39, 0.29) is 0 Å². The molecule has 0 bridgehead atoms. The lowest BCUT2D eigenvalue weighted by molar-refractivity contribution is 0.547. The molecule has 0 spiro atoms. The monoisotopic (exact) mass is 246 g/mol. The lowest BCUT2D eigenvalue weighted by Crippen LogP contribution is -2.01. The van der Waals surface area contributed by atoms with Gasteiger partial charge in [-0.05, 0) is 36.4 Å². The normalized spacial score (nSPS) is 10.9. The molecule has 0 amide bonds. The molecular formula is C13H7ClO3. The largest absolute Gasteiger partial charge is 0.464 e.